The van der Waals surface area contributed by atoms with Gasteiger partial charge in [-0.3, -0.25) is 4.79 Å². The SMILES string of the molecule is CN1CC[C@]23c4c5ccc(O)c4O[C@H]2C(OC(=O)C(Cc2cnc[nH]2)NC(=O)CCN)=CC[C@@]3(O)[C@H]1C5.O=C(O)C(F)(F)F. The van der Waals surface area contributed by atoms with Crippen molar-refractivity contribution < 1.29 is 52.3 Å². The maximum atomic E-state index is 13.5. The molecule has 1 aromatic carbocycles. The predicted molar refractivity (Wildman–Crippen MR) is 144 cm³/mol. The monoisotopic (exact) mass is 623 g/mol. The van der Waals surface area contributed by atoms with E-state index in [1.54, 1.807) is 18.3 Å². The summed E-state index contributed by atoms with van der Waals surface area (Å²) >= 11 is 0. The van der Waals surface area contributed by atoms with Crippen molar-refractivity contribution >= 4 is 17.8 Å². The number of aliphatic hydroxyl groups is 1. The summed E-state index contributed by atoms with van der Waals surface area (Å²) in [4.78, 5) is 43.8. The summed E-state index contributed by atoms with van der Waals surface area (Å²) in [7, 11) is 2.01. The normalized spacial score (nSPS) is 27.1. The van der Waals surface area contributed by atoms with E-state index in [0.29, 0.717) is 24.3 Å². The molecule has 2 aromatic rings. The highest BCUT2D eigenvalue weighted by Crippen LogP contribution is 2.65. The van der Waals surface area contributed by atoms with Crippen molar-refractivity contribution in [3.8, 4) is 11.5 Å². The minimum absolute atomic E-state index is 0.000834. The maximum absolute atomic E-state index is 13.5. The summed E-state index contributed by atoms with van der Waals surface area (Å²) in [5, 5.41) is 32.7. The highest BCUT2D eigenvalue weighted by molar-refractivity contribution is 5.85. The number of rotatable bonds is 7. The van der Waals surface area contributed by atoms with Gasteiger partial charge in [-0.15, -0.1) is 0 Å². The first-order valence-electron chi connectivity index (χ1n) is 13.9. The van der Waals surface area contributed by atoms with Crippen LogP contribution in [0.15, 0.2) is 36.5 Å². The number of hydrogen-bond acceptors (Lipinski definition) is 10. The van der Waals surface area contributed by atoms with Crippen molar-refractivity contribution in [2.24, 2.45) is 5.73 Å². The molecule has 238 valence electrons. The van der Waals surface area contributed by atoms with Crippen molar-refractivity contribution in [2.45, 2.75) is 67.5 Å². The minimum Gasteiger partial charge on any atom is -0.504 e. The largest absolute Gasteiger partial charge is 0.504 e. The smallest absolute Gasteiger partial charge is 0.490 e. The second kappa shape index (κ2) is 11.4. The third kappa shape index (κ3) is 5.16. The summed E-state index contributed by atoms with van der Waals surface area (Å²) in [5.41, 5.74) is 5.99. The Morgan fingerprint density at radius 2 is 2.07 bits per heavy atom. The lowest BCUT2D eigenvalue weighted by molar-refractivity contribution is -0.192. The summed E-state index contributed by atoms with van der Waals surface area (Å²) in [6, 6.07) is 2.38. The molecule has 0 radical (unpaired) electrons. The lowest BCUT2D eigenvalue weighted by Crippen LogP contribution is -2.74. The first-order chi connectivity index (χ1) is 20.7. The van der Waals surface area contributed by atoms with Gasteiger partial charge in [0.15, 0.2) is 17.6 Å². The van der Waals surface area contributed by atoms with Crippen molar-refractivity contribution in [3.05, 3.63) is 53.3 Å². The number of aromatic hydroxyl groups is 1. The van der Waals surface area contributed by atoms with E-state index in [9.17, 15) is 33.0 Å². The number of phenolic OH excluding ortho intramolecular Hbond substituents is 1. The Kier molecular flexibility index (Phi) is 8.11. The Bertz CT molecular complexity index is 1480. The van der Waals surface area contributed by atoms with E-state index in [-0.39, 0.29) is 49.3 Å². The number of piperidine rings is 1. The van der Waals surface area contributed by atoms with Gasteiger partial charge in [-0.2, -0.15) is 13.2 Å². The third-order valence-electron chi connectivity index (χ3n) is 8.78. The number of aliphatic carboxylic acids is 1. The number of imidazole rings is 1. The Labute approximate surface area is 248 Å². The molecule has 5 atom stereocenters. The Balaban J connectivity index is 0.000000493. The number of ether oxygens (including phenoxy) is 2. The number of esters is 1. The van der Waals surface area contributed by atoms with Crippen LogP contribution in [0.3, 0.4) is 0 Å². The fraction of sp³-hybridized carbons (Fsp3) is 0.500. The molecule has 1 fully saturated rings. The van der Waals surface area contributed by atoms with Gasteiger partial charge in [-0.1, -0.05) is 6.07 Å². The summed E-state index contributed by atoms with van der Waals surface area (Å²) in [5.74, 6) is -3.15. The number of hydrogen-bond donors (Lipinski definition) is 6. The van der Waals surface area contributed by atoms with E-state index in [1.165, 1.54) is 6.33 Å². The number of phenols is 1. The van der Waals surface area contributed by atoms with Gasteiger partial charge < -0.3 is 45.7 Å². The van der Waals surface area contributed by atoms with E-state index in [2.05, 4.69) is 20.2 Å². The number of nitrogens with one attached hydrogen (secondary N) is 2. The molecule has 3 heterocycles. The average molecular weight is 624 g/mol. The molecule has 2 aliphatic heterocycles. The highest BCUT2D eigenvalue weighted by Gasteiger charge is 2.72. The number of H-pyrrole nitrogens is 1. The quantitative estimate of drug-likeness (QED) is 0.237. The van der Waals surface area contributed by atoms with Crippen LogP contribution in [0.1, 0.15) is 36.1 Å². The van der Waals surface area contributed by atoms with Gasteiger partial charge >= 0.3 is 18.1 Å². The van der Waals surface area contributed by atoms with Crippen molar-refractivity contribution in [3.63, 3.8) is 0 Å². The standard InChI is InChI=1S/C26H31N5O6.C2HF3O2/c1-31-9-7-25-21-14-2-3-17(32)22(21)37-23(25)18(4-6-26(25,35)19(31)10-14)36-24(34)16(30-20(33)5-8-27)11-15-12-28-13-29-15;3-2(4,5)1(6)7/h2-4,12-13,16,19,23,32,35H,5-11,27H2,1H3,(H,28,29)(H,30,33);(H,6,7)/t16?,19-,23+,25+,26-;/m1./s1. The Morgan fingerprint density at radius 1 is 1.34 bits per heavy atom. The zero-order valence-corrected chi connectivity index (χ0v) is 23.6. The number of halogens is 3. The molecule has 1 amide bonds. The number of aromatic nitrogens is 2. The van der Waals surface area contributed by atoms with E-state index < -0.39 is 41.3 Å². The summed E-state index contributed by atoms with van der Waals surface area (Å²) in [6.07, 6.45) is 0.623. The molecule has 1 saturated heterocycles. The second-order valence-corrected chi connectivity index (χ2v) is 11.3. The molecule has 4 aliphatic rings. The summed E-state index contributed by atoms with van der Waals surface area (Å²) < 4.78 is 44.0. The molecule has 1 spiro atoms. The number of nitrogens with zero attached hydrogens (tertiary/aromatic N) is 2. The first kappa shape index (κ1) is 31.3. The molecule has 16 heteroatoms. The number of likely N-dealkylation sites (N-methyl/N-ethyl adjacent to an activating group) is 1. The number of carboxylic acid groups (broad SMARTS) is 1. The third-order valence-corrected chi connectivity index (χ3v) is 8.78. The number of nitrogens with two attached hydrogens (primary N) is 1. The van der Waals surface area contributed by atoms with Gasteiger partial charge in [-0.05, 0) is 44.1 Å². The van der Waals surface area contributed by atoms with Gasteiger partial charge in [0.2, 0.25) is 5.91 Å². The molecule has 44 heavy (non-hydrogen) atoms. The van der Waals surface area contributed by atoms with Gasteiger partial charge in [0.05, 0.1) is 17.3 Å². The predicted octanol–water partition coefficient (Wildman–Crippen LogP) is 0.646. The maximum Gasteiger partial charge on any atom is 0.490 e. The molecule has 0 saturated carbocycles. The van der Waals surface area contributed by atoms with Crippen molar-refractivity contribution in [1.82, 2.24) is 20.2 Å². The van der Waals surface area contributed by atoms with Gasteiger partial charge in [0.1, 0.15) is 11.8 Å². The number of amides is 1. The van der Waals surface area contributed by atoms with Crippen LogP contribution < -0.4 is 15.8 Å². The number of carbonyl (C=O) groups is 3. The van der Waals surface area contributed by atoms with Crippen LogP contribution in [-0.2, 0) is 37.4 Å². The zero-order valence-electron chi connectivity index (χ0n) is 23.6. The Morgan fingerprint density at radius 3 is 2.70 bits per heavy atom. The van der Waals surface area contributed by atoms with Crippen LogP contribution >= 0.6 is 0 Å². The number of likely N-dealkylation sites (tertiary alicyclic amines) is 1. The van der Waals surface area contributed by atoms with Crippen LogP contribution in [0.5, 0.6) is 11.5 Å². The second-order valence-electron chi connectivity index (χ2n) is 11.3. The number of carbonyl (C=O) groups excluding carboxylic acids is 2. The van der Waals surface area contributed by atoms with E-state index >= 15 is 0 Å². The molecule has 13 nitrogen and oxygen atoms in total. The fourth-order valence-corrected chi connectivity index (χ4v) is 6.83. The lowest BCUT2D eigenvalue weighted by atomic mass is 9.50. The molecule has 1 aromatic heterocycles. The van der Waals surface area contributed by atoms with Gasteiger partial charge in [0, 0.05) is 49.3 Å². The number of aromatic amines is 1. The lowest BCUT2D eigenvalue weighted by Gasteiger charge is -2.61. The highest BCUT2D eigenvalue weighted by atomic mass is 19.4. The molecule has 7 N–H and O–H groups in total. The number of alkyl halides is 3. The van der Waals surface area contributed by atoms with E-state index in [4.69, 9.17) is 25.1 Å². The summed E-state index contributed by atoms with van der Waals surface area (Å²) in [6.45, 7) is 0.875. The topological polar surface area (TPSA) is 200 Å². The average Bonchev–Trinajstić information content (AvgIpc) is 3.59. The molecular weight excluding hydrogens is 591 g/mol. The van der Waals surface area contributed by atoms with Crippen LogP contribution in [0.25, 0.3) is 0 Å². The van der Waals surface area contributed by atoms with E-state index in [0.717, 1.165) is 17.7 Å². The zero-order chi connectivity index (χ0) is 32.0. The minimum atomic E-state index is -5.08. The van der Waals surface area contributed by atoms with Crippen LogP contribution in [0.4, 0.5) is 13.2 Å². The first-order valence-corrected chi connectivity index (χ1v) is 13.9. The molecule has 2 aliphatic carbocycles. The van der Waals surface area contributed by atoms with Crippen LogP contribution in [0, 0.1) is 0 Å². The molecule has 1 unspecified atom stereocenters. The number of carboxylic acids is 1. The molecule has 6 rings (SSSR count). The van der Waals surface area contributed by atoms with Gasteiger partial charge in [-0.25, -0.2) is 14.6 Å². The Hall–Kier alpha value is -4.15. The van der Waals surface area contributed by atoms with Gasteiger partial charge in [0.25, 0.3) is 0 Å². The molecule has 2 bridgehead atoms. The van der Waals surface area contributed by atoms with Crippen molar-refractivity contribution in [2.75, 3.05) is 20.1 Å². The van der Waals surface area contributed by atoms with Crippen LogP contribution in [-0.4, -0.2) is 98.1 Å². The fourth-order valence-electron chi connectivity index (χ4n) is 6.83. The molecular formula is C28H32F3N5O8. The van der Waals surface area contributed by atoms with E-state index in [1.807, 2.05) is 13.1 Å². The number of benzene rings is 1. The van der Waals surface area contributed by atoms with Crippen molar-refractivity contribution in [1.29, 1.82) is 0 Å². The van der Waals surface area contributed by atoms with Crippen LogP contribution in [0.2, 0.25) is 0 Å².